The summed E-state index contributed by atoms with van der Waals surface area (Å²) in [5, 5.41) is 11.0. The van der Waals surface area contributed by atoms with Gasteiger partial charge in [-0.25, -0.2) is 0 Å². The molecule has 0 radical (unpaired) electrons. The normalized spacial score (nSPS) is 9.89. The van der Waals surface area contributed by atoms with Gasteiger partial charge in [0, 0.05) is 32.1 Å². The van der Waals surface area contributed by atoms with Gasteiger partial charge in [0.1, 0.15) is 5.82 Å². The van der Waals surface area contributed by atoms with Crippen molar-refractivity contribution in [2.24, 2.45) is 0 Å². The van der Waals surface area contributed by atoms with Crippen molar-refractivity contribution in [2.45, 2.75) is 0 Å². The fraction of sp³-hybridized carbons (Fsp3) is 0.417. The number of thioether (sulfide) groups is 1. The number of amides is 1. The Balaban J connectivity index is 2.41. The first kappa shape index (κ1) is 14.5. The quantitative estimate of drug-likeness (QED) is 0.599. The van der Waals surface area contributed by atoms with Crippen LogP contribution in [0.1, 0.15) is 10.5 Å². The lowest BCUT2D eigenvalue weighted by atomic mass is 10.3. The summed E-state index contributed by atoms with van der Waals surface area (Å²) in [5.74, 6) is 2.47. The van der Waals surface area contributed by atoms with Crippen molar-refractivity contribution < 1.29 is 4.79 Å². The van der Waals surface area contributed by atoms with E-state index in [0.29, 0.717) is 11.5 Å². The van der Waals surface area contributed by atoms with E-state index in [4.69, 9.17) is 0 Å². The molecule has 0 fully saturated rings. The van der Waals surface area contributed by atoms with E-state index in [0.717, 1.165) is 18.1 Å². The molecule has 0 saturated heterocycles. The third kappa shape index (κ3) is 4.75. The molecule has 0 unspecified atom stereocenters. The van der Waals surface area contributed by atoms with Crippen LogP contribution in [0.25, 0.3) is 0 Å². The molecule has 1 amide bonds. The zero-order valence-corrected chi connectivity index (χ0v) is 11.5. The topological polar surface area (TPSA) is 58.1 Å². The van der Waals surface area contributed by atoms with Gasteiger partial charge >= 0.3 is 0 Å². The largest absolute Gasteiger partial charge is 0.368 e. The van der Waals surface area contributed by atoms with E-state index in [1.165, 1.54) is 4.90 Å². The van der Waals surface area contributed by atoms with Crippen molar-refractivity contribution in [3.05, 3.63) is 30.5 Å². The van der Waals surface area contributed by atoms with Crippen LogP contribution in [0.5, 0.6) is 0 Å². The number of nitrogens with zero attached hydrogens (tertiary/aromatic N) is 3. The van der Waals surface area contributed by atoms with E-state index in [9.17, 15) is 4.79 Å². The second-order valence-electron chi connectivity index (χ2n) is 3.79. The lowest BCUT2D eigenvalue weighted by Crippen LogP contribution is -2.23. The van der Waals surface area contributed by atoms with Gasteiger partial charge in [-0.15, -0.1) is 16.8 Å². The van der Waals surface area contributed by atoms with Gasteiger partial charge in [0.15, 0.2) is 5.69 Å². The summed E-state index contributed by atoms with van der Waals surface area (Å²) in [7, 11) is 3.38. The number of carbonyl (C=O) groups is 1. The smallest absolute Gasteiger partial charge is 0.273 e. The number of carbonyl (C=O) groups excluding carboxylic acids is 1. The van der Waals surface area contributed by atoms with Crippen molar-refractivity contribution >= 4 is 23.5 Å². The van der Waals surface area contributed by atoms with Gasteiger partial charge in [0.25, 0.3) is 5.91 Å². The Bertz CT molecular complexity index is 392. The maximum Gasteiger partial charge on any atom is 0.273 e. The molecule has 0 aromatic carbocycles. The summed E-state index contributed by atoms with van der Waals surface area (Å²) < 4.78 is 0. The Morgan fingerprint density at radius 2 is 2.28 bits per heavy atom. The van der Waals surface area contributed by atoms with Crippen LogP contribution < -0.4 is 5.32 Å². The third-order valence-corrected chi connectivity index (χ3v) is 3.04. The lowest BCUT2D eigenvalue weighted by molar-refractivity contribution is 0.0821. The molecule has 0 aliphatic rings. The van der Waals surface area contributed by atoms with Gasteiger partial charge in [-0.05, 0) is 12.1 Å². The molecule has 18 heavy (non-hydrogen) atoms. The highest BCUT2D eigenvalue weighted by Crippen LogP contribution is 2.05. The molecule has 98 valence electrons. The number of rotatable bonds is 7. The molecule has 6 heteroatoms. The molecule has 0 spiro atoms. The van der Waals surface area contributed by atoms with E-state index in [1.54, 1.807) is 38.0 Å². The number of hydrogen-bond acceptors (Lipinski definition) is 5. The molecule has 1 aromatic heterocycles. The minimum atomic E-state index is -0.143. The molecule has 1 aromatic rings. The number of nitrogens with one attached hydrogen (secondary N) is 1. The standard InChI is InChI=1S/C12H18N4OS/c1-4-8-18-9-7-13-11-6-5-10(14-15-11)12(17)16(2)3/h4-6H,1,7-9H2,2-3H3,(H,13,15). The van der Waals surface area contributed by atoms with Crippen LogP contribution in [-0.2, 0) is 0 Å². The molecule has 0 saturated carbocycles. The number of hydrogen-bond donors (Lipinski definition) is 1. The number of anilines is 1. The summed E-state index contributed by atoms with van der Waals surface area (Å²) in [6, 6.07) is 3.44. The molecule has 0 bridgehead atoms. The van der Waals surface area contributed by atoms with Crippen molar-refractivity contribution in [1.82, 2.24) is 15.1 Å². The van der Waals surface area contributed by atoms with Gasteiger partial charge in [-0.2, -0.15) is 11.8 Å². The van der Waals surface area contributed by atoms with Gasteiger partial charge in [0.2, 0.25) is 0 Å². The first-order valence-corrected chi connectivity index (χ1v) is 6.78. The van der Waals surface area contributed by atoms with Crippen LogP contribution in [0.2, 0.25) is 0 Å². The number of aromatic nitrogens is 2. The third-order valence-electron chi connectivity index (χ3n) is 2.08. The Labute approximate surface area is 112 Å². The van der Waals surface area contributed by atoms with E-state index < -0.39 is 0 Å². The molecule has 0 aliphatic heterocycles. The van der Waals surface area contributed by atoms with Crippen molar-refractivity contribution in [1.29, 1.82) is 0 Å². The van der Waals surface area contributed by atoms with Gasteiger partial charge in [-0.1, -0.05) is 6.08 Å². The second kappa shape index (κ2) is 7.71. The average Bonchev–Trinajstić information content (AvgIpc) is 2.38. The first-order valence-electron chi connectivity index (χ1n) is 5.63. The van der Waals surface area contributed by atoms with Gasteiger partial charge in [0.05, 0.1) is 0 Å². The Morgan fingerprint density at radius 3 is 2.83 bits per heavy atom. The first-order chi connectivity index (χ1) is 8.65. The van der Waals surface area contributed by atoms with Crippen LogP contribution in [0.15, 0.2) is 24.8 Å². The highest BCUT2D eigenvalue weighted by Gasteiger charge is 2.09. The van der Waals surface area contributed by atoms with Crippen LogP contribution in [0, 0.1) is 0 Å². The van der Waals surface area contributed by atoms with Crippen LogP contribution in [-0.4, -0.2) is 53.2 Å². The lowest BCUT2D eigenvalue weighted by Gasteiger charge is -2.09. The minimum Gasteiger partial charge on any atom is -0.368 e. The van der Waals surface area contributed by atoms with Gasteiger partial charge < -0.3 is 10.2 Å². The van der Waals surface area contributed by atoms with Crippen molar-refractivity contribution in [3.8, 4) is 0 Å². The Kier molecular flexibility index (Phi) is 6.21. The molecule has 1 rings (SSSR count). The SMILES string of the molecule is C=CCSCCNc1ccc(C(=O)N(C)C)nn1. The molecule has 5 nitrogen and oxygen atoms in total. The monoisotopic (exact) mass is 266 g/mol. The van der Waals surface area contributed by atoms with Crippen molar-refractivity contribution in [2.75, 3.05) is 37.5 Å². The molecular weight excluding hydrogens is 248 g/mol. The predicted molar refractivity (Wildman–Crippen MR) is 76.1 cm³/mol. The van der Waals surface area contributed by atoms with Crippen LogP contribution in [0.3, 0.4) is 0 Å². The zero-order chi connectivity index (χ0) is 13.4. The maximum absolute atomic E-state index is 11.6. The summed E-state index contributed by atoms with van der Waals surface area (Å²) in [6.07, 6.45) is 1.88. The van der Waals surface area contributed by atoms with E-state index in [-0.39, 0.29) is 5.91 Å². The van der Waals surface area contributed by atoms with E-state index >= 15 is 0 Å². The highest BCUT2D eigenvalue weighted by atomic mass is 32.2. The van der Waals surface area contributed by atoms with E-state index in [2.05, 4.69) is 22.1 Å². The molecule has 0 atom stereocenters. The molecule has 1 N–H and O–H groups in total. The summed E-state index contributed by atoms with van der Waals surface area (Å²) >= 11 is 1.79. The molecular formula is C12H18N4OS. The zero-order valence-electron chi connectivity index (χ0n) is 10.7. The minimum absolute atomic E-state index is 0.143. The molecule has 1 heterocycles. The predicted octanol–water partition coefficient (Wildman–Crippen LogP) is 1.51. The fourth-order valence-corrected chi connectivity index (χ4v) is 1.77. The molecule has 0 aliphatic carbocycles. The van der Waals surface area contributed by atoms with E-state index in [1.807, 2.05) is 6.08 Å². The Morgan fingerprint density at radius 1 is 1.50 bits per heavy atom. The fourth-order valence-electron chi connectivity index (χ4n) is 1.19. The summed E-state index contributed by atoms with van der Waals surface area (Å²) in [5.41, 5.74) is 0.353. The van der Waals surface area contributed by atoms with Gasteiger partial charge in [-0.3, -0.25) is 4.79 Å². The van der Waals surface area contributed by atoms with Crippen molar-refractivity contribution in [3.63, 3.8) is 0 Å². The highest BCUT2D eigenvalue weighted by molar-refractivity contribution is 7.99. The summed E-state index contributed by atoms with van der Waals surface area (Å²) in [6.45, 7) is 4.47. The second-order valence-corrected chi connectivity index (χ2v) is 4.94. The van der Waals surface area contributed by atoms with Crippen LogP contribution in [0.4, 0.5) is 5.82 Å². The maximum atomic E-state index is 11.6. The summed E-state index contributed by atoms with van der Waals surface area (Å²) in [4.78, 5) is 13.1. The average molecular weight is 266 g/mol. The Hall–Kier alpha value is -1.56. The van der Waals surface area contributed by atoms with Crippen LogP contribution >= 0.6 is 11.8 Å².